The molecule has 0 rings (SSSR count). The van der Waals surface area contributed by atoms with Gasteiger partial charge < -0.3 is 5.32 Å². The van der Waals surface area contributed by atoms with Crippen LogP contribution in [0.5, 0.6) is 0 Å². The summed E-state index contributed by atoms with van der Waals surface area (Å²) in [5, 5.41) is 2.91. The first-order chi connectivity index (χ1) is 5.49. The second-order valence-electron chi connectivity index (χ2n) is 3.73. The molecule has 0 heterocycles. The van der Waals surface area contributed by atoms with Crippen molar-refractivity contribution in [1.82, 2.24) is 5.32 Å². The van der Waals surface area contributed by atoms with E-state index in [1.54, 1.807) is 0 Å². The third-order valence-corrected chi connectivity index (χ3v) is 1.93. The molecule has 2 nitrogen and oxygen atoms in total. The zero-order valence-electron chi connectivity index (χ0n) is 8.42. The molecule has 0 aromatic heterocycles. The molecule has 0 fully saturated rings. The third-order valence-electron chi connectivity index (χ3n) is 1.93. The van der Waals surface area contributed by atoms with Crippen molar-refractivity contribution in [3.8, 4) is 0 Å². The van der Waals surface area contributed by atoms with Crippen LogP contribution in [0, 0.1) is 11.8 Å². The summed E-state index contributed by atoms with van der Waals surface area (Å²) in [6, 6.07) is 0.246. The third kappa shape index (κ3) is 3.56. The number of rotatable bonds is 4. The van der Waals surface area contributed by atoms with Crippen molar-refractivity contribution in [3.63, 3.8) is 0 Å². The number of carbonyl (C=O) groups excluding carboxylic acids is 1. The highest BCUT2D eigenvalue weighted by atomic mass is 16.1. The predicted molar refractivity (Wildman–Crippen MR) is 51.8 cm³/mol. The van der Waals surface area contributed by atoms with E-state index in [4.69, 9.17) is 0 Å². The van der Waals surface area contributed by atoms with E-state index in [1.807, 2.05) is 0 Å². The Bertz CT molecular complexity index is 153. The Hall–Kier alpha value is -0.790. The molecule has 70 valence electrons. The fraction of sp³-hybridized carbons (Fsp3) is 0.700. The van der Waals surface area contributed by atoms with E-state index >= 15 is 0 Å². The summed E-state index contributed by atoms with van der Waals surface area (Å²) in [4.78, 5) is 11.0. The lowest BCUT2D eigenvalue weighted by Gasteiger charge is -2.25. The summed E-state index contributed by atoms with van der Waals surface area (Å²) in [5.41, 5.74) is 0. The van der Waals surface area contributed by atoms with E-state index in [1.165, 1.54) is 6.08 Å². The van der Waals surface area contributed by atoms with Crippen LogP contribution in [-0.4, -0.2) is 11.9 Å². The highest BCUT2D eigenvalue weighted by Crippen LogP contribution is 2.11. The summed E-state index contributed by atoms with van der Waals surface area (Å²) in [5.74, 6) is 0.852. The van der Waals surface area contributed by atoms with Crippen LogP contribution < -0.4 is 5.32 Å². The monoisotopic (exact) mass is 169 g/mol. The van der Waals surface area contributed by atoms with E-state index in [-0.39, 0.29) is 11.9 Å². The lowest BCUT2D eigenvalue weighted by molar-refractivity contribution is -0.117. The Morgan fingerprint density at radius 1 is 1.25 bits per heavy atom. The van der Waals surface area contributed by atoms with Gasteiger partial charge in [-0.15, -0.1) is 0 Å². The second kappa shape index (κ2) is 4.96. The van der Waals surface area contributed by atoms with Gasteiger partial charge in [-0.1, -0.05) is 34.3 Å². The van der Waals surface area contributed by atoms with Gasteiger partial charge in [0.15, 0.2) is 0 Å². The van der Waals surface area contributed by atoms with Gasteiger partial charge in [-0.05, 0) is 17.9 Å². The van der Waals surface area contributed by atoms with E-state index in [9.17, 15) is 4.79 Å². The van der Waals surface area contributed by atoms with Crippen LogP contribution in [0.15, 0.2) is 12.7 Å². The molecular weight excluding hydrogens is 150 g/mol. The molecule has 12 heavy (non-hydrogen) atoms. The minimum atomic E-state index is -0.0811. The van der Waals surface area contributed by atoms with Gasteiger partial charge in [0.05, 0.1) is 0 Å². The molecule has 0 unspecified atom stereocenters. The summed E-state index contributed by atoms with van der Waals surface area (Å²) >= 11 is 0. The SMILES string of the molecule is C=CC(=O)NC(C(C)C)C(C)C. The van der Waals surface area contributed by atoms with Gasteiger partial charge in [0.1, 0.15) is 0 Å². The van der Waals surface area contributed by atoms with Crippen LogP contribution in [0.3, 0.4) is 0 Å². The van der Waals surface area contributed by atoms with Crippen molar-refractivity contribution in [2.45, 2.75) is 33.7 Å². The molecular formula is C10H19NO. The van der Waals surface area contributed by atoms with Crippen LogP contribution in [0.1, 0.15) is 27.7 Å². The molecule has 0 aliphatic carbocycles. The molecule has 0 atom stereocenters. The van der Waals surface area contributed by atoms with Crippen molar-refractivity contribution in [2.75, 3.05) is 0 Å². The molecule has 0 aromatic rings. The summed E-state index contributed by atoms with van der Waals surface area (Å²) < 4.78 is 0. The molecule has 0 aliphatic heterocycles. The number of hydrogen-bond acceptors (Lipinski definition) is 1. The Labute approximate surface area is 75.0 Å². The lowest BCUT2D eigenvalue weighted by atomic mass is 9.93. The van der Waals surface area contributed by atoms with E-state index in [0.717, 1.165) is 0 Å². The minimum absolute atomic E-state index is 0.0811. The molecule has 0 spiro atoms. The maximum absolute atomic E-state index is 11.0. The fourth-order valence-corrected chi connectivity index (χ4v) is 1.33. The molecule has 0 aliphatic rings. The van der Waals surface area contributed by atoms with Gasteiger partial charge >= 0.3 is 0 Å². The molecule has 1 N–H and O–H groups in total. The molecule has 1 amide bonds. The minimum Gasteiger partial charge on any atom is -0.349 e. The van der Waals surface area contributed by atoms with Crippen molar-refractivity contribution in [2.24, 2.45) is 11.8 Å². The first-order valence-electron chi connectivity index (χ1n) is 4.42. The van der Waals surface area contributed by atoms with Crippen LogP contribution in [0.2, 0.25) is 0 Å². The van der Waals surface area contributed by atoms with Gasteiger partial charge in [-0.2, -0.15) is 0 Å². The quantitative estimate of drug-likeness (QED) is 0.640. The van der Waals surface area contributed by atoms with Crippen molar-refractivity contribution < 1.29 is 4.79 Å². The Morgan fingerprint density at radius 3 is 1.92 bits per heavy atom. The smallest absolute Gasteiger partial charge is 0.243 e. The van der Waals surface area contributed by atoms with E-state index < -0.39 is 0 Å². The maximum Gasteiger partial charge on any atom is 0.243 e. The molecule has 0 radical (unpaired) electrons. The Kier molecular flexibility index (Phi) is 4.64. The average Bonchev–Trinajstić information content (AvgIpc) is 1.98. The summed E-state index contributed by atoms with van der Waals surface area (Å²) in [6.45, 7) is 11.8. The first kappa shape index (κ1) is 11.2. The van der Waals surface area contributed by atoms with Crippen LogP contribution >= 0.6 is 0 Å². The van der Waals surface area contributed by atoms with Crippen LogP contribution in [-0.2, 0) is 4.79 Å². The fourth-order valence-electron chi connectivity index (χ4n) is 1.33. The Balaban J connectivity index is 4.13. The average molecular weight is 169 g/mol. The number of carbonyl (C=O) groups is 1. The Morgan fingerprint density at radius 2 is 1.67 bits per heavy atom. The van der Waals surface area contributed by atoms with Gasteiger partial charge in [0.2, 0.25) is 5.91 Å². The van der Waals surface area contributed by atoms with Crippen molar-refractivity contribution in [1.29, 1.82) is 0 Å². The number of nitrogens with one attached hydrogen (secondary N) is 1. The number of amides is 1. The highest BCUT2D eigenvalue weighted by molar-refractivity contribution is 5.87. The van der Waals surface area contributed by atoms with Gasteiger partial charge in [0.25, 0.3) is 0 Å². The van der Waals surface area contributed by atoms with Crippen molar-refractivity contribution in [3.05, 3.63) is 12.7 Å². The molecule has 2 heteroatoms. The molecule has 0 aromatic carbocycles. The van der Waals surface area contributed by atoms with Gasteiger partial charge in [-0.3, -0.25) is 4.79 Å². The summed E-state index contributed by atoms with van der Waals surface area (Å²) in [7, 11) is 0. The highest BCUT2D eigenvalue weighted by Gasteiger charge is 2.17. The van der Waals surface area contributed by atoms with Crippen molar-refractivity contribution >= 4 is 5.91 Å². The predicted octanol–water partition coefficient (Wildman–Crippen LogP) is 1.97. The molecule has 0 saturated carbocycles. The van der Waals surface area contributed by atoms with Gasteiger partial charge in [-0.25, -0.2) is 0 Å². The van der Waals surface area contributed by atoms with Crippen LogP contribution in [0.25, 0.3) is 0 Å². The first-order valence-corrected chi connectivity index (χ1v) is 4.42. The number of hydrogen-bond donors (Lipinski definition) is 1. The largest absolute Gasteiger partial charge is 0.349 e. The topological polar surface area (TPSA) is 29.1 Å². The zero-order valence-corrected chi connectivity index (χ0v) is 8.42. The maximum atomic E-state index is 11.0. The molecule has 0 saturated heterocycles. The second-order valence-corrected chi connectivity index (χ2v) is 3.73. The lowest BCUT2D eigenvalue weighted by Crippen LogP contribution is -2.41. The normalized spacial score (nSPS) is 10.9. The van der Waals surface area contributed by atoms with E-state index in [0.29, 0.717) is 11.8 Å². The standard InChI is InChI=1S/C10H19NO/c1-6-9(12)11-10(7(2)3)8(4)5/h6-8,10H,1H2,2-5H3,(H,11,12). The molecule has 0 bridgehead atoms. The van der Waals surface area contributed by atoms with Crippen LogP contribution in [0.4, 0.5) is 0 Å². The summed E-state index contributed by atoms with van der Waals surface area (Å²) in [6.07, 6.45) is 1.32. The van der Waals surface area contributed by atoms with E-state index in [2.05, 4.69) is 39.6 Å². The zero-order chi connectivity index (χ0) is 9.72. The van der Waals surface area contributed by atoms with Gasteiger partial charge in [0, 0.05) is 6.04 Å².